The van der Waals surface area contributed by atoms with Crippen molar-refractivity contribution in [2.24, 2.45) is 0 Å². The zero-order chi connectivity index (χ0) is 81.7. The molecule has 0 aromatic carbocycles. The molecule has 0 fully saturated rings. The van der Waals surface area contributed by atoms with Gasteiger partial charge in [0.1, 0.15) is 50.0 Å². The highest BCUT2D eigenvalue weighted by Gasteiger charge is 2.31. The number of hydrogen-bond acceptors (Lipinski definition) is 35. The topological polar surface area (TPSA) is 455 Å². The number of aromatic amines is 5. The Bertz CT molecular complexity index is 5380. The minimum atomic E-state index is -4.46. The molecule has 0 saturated heterocycles. The first kappa shape index (κ1) is 85.3. The number of ether oxygens (including phenoxy) is 5. The molecule has 15 heterocycles. The molecular formula is C62H60Cl5F8N29O7S4. The second-order valence-electron chi connectivity index (χ2n) is 23.0. The minimum Gasteiger partial charge on any atom is -0.467 e. The number of nitrogens with zero attached hydrogens (tertiary/aromatic N) is 20. The van der Waals surface area contributed by atoms with E-state index in [0.29, 0.717) is 138 Å². The number of nitrogens with one attached hydrogen (secondary N) is 9. The zero-order valence-electron chi connectivity index (χ0n) is 59.3. The lowest BCUT2D eigenvalue weighted by Gasteiger charge is -2.21. The maximum absolute atomic E-state index is 12.8. The van der Waals surface area contributed by atoms with Gasteiger partial charge in [-0.1, -0.05) is 13.8 Å². The van der Waals surface area contributed by atoms with Crippen LogP contribution in [0.15, 0.2) is 67.7 Å². The van der Waals surface area contributed by atoms with Gasteiger partial charge in [0, 0.05) is 47.4 Å². The maximum Gasteiger partial charge on any atom is 0.422 e. The van der Waals surface area contributed by atoms with Gasteiger partial charge < -0.3 is 84.3 Å². The van der Waals surface area contributed by atoms with Crippen LogP contribution >= 0.6 is 103 Å². The molecule has 0 radical (unpaired) electrons. The zero-order valence-corrected chi connectivity index (χ0v) is 66.4. The fourth-order valence-corrected chi connectivity index (χ4v) is 12.4. The first-order valence-electron chi connectivity index (χ1n) is 33.3. The van der Waals surface area contributed by atoms with Gasteiger partial charge >= 0.3 is 12.4 Å². The van der Waals surface area contributed by atoms with Crippen molar-refractivity contribution >= 4 is 188 Å². The molecule has 610 valence electrons. The summed E-state index contributed by atoms with van der Waals surface area (Å²) in [4.78, 5) is 93.6. The second-order valence-corrected chi connectivity index (χ2v) is 28.1. The number of aliphatic hydroxyl groups excluding tert-OH is 1. The number of H-pyrrole nitrogens is 5. The molecule has 0 unspecified atom stereocenters. The van der Waals surface area contributed by atoms with E-state index in [1.54, 1.807) is 53.1 Å². The van der Waals surface area contributed by atoms with Crippen LogP contribution in [0.25, 0.3) is 55.8 Å². The summed E-state index contributed by atoms with van der Waals surface area (Å²) in [6.07, 6.45) is -3.10. The molecule has 15 aromatic heterocycles. The van der Waals surface area contributed by atoms with Crippen LogP contribution in [0.1, 0.15) is 67.2 Å². The van der Waals surface area contributed by atoms with E-state index in [4.69, 9.17) is 81.4 Å². The Hall–Kier alpha value is -10.6. The van der Waals surface area contributed by atoms with Crippen molar-refractivity contribution in [3.63, 3.8) is 0 Å². The number of halogens is 13. The number of anilines is 5. The molecule has 53 heteroatoms. The average molecular weight is 1780 g/mol. The second kappa shape index (κ2) is 40.1. The van der Waals surface area contributed by atoms with Gasteiger partial charge in [-0.25, -0.2) is 28.7 Å². The molecule has 0 saturated carbocycles. The normalized spacial score (nSPS) is 11.5. The molecular weight excluding hydrogens is 1720 g/mol. The van der Waals surface area contributed by atoms with Crippen molar-refractivity contribution in [1.29, 1.82) is 0 Å². The summed E-state index contributed by atoms with van der Waals surface area (Å²) in [6.45, 7) is 5.66. The summed E-state index contributed by atoms with van der Waals surface area (Å²) in [5.41, 5.74) is 8.95. The Balaban J connectivity index is 0.000000142. The lowest BCUT2D eigenvalue weighted by atomic mass is 10.4. The number of fused-ring (bicyclic) bond motifs is 5. The summed E-state index contributed by atoms with van der Waals surface area (Å²) in [5, 5.41) is 31.0. The molecule has 0 atom stereocenters. The third-order valence-electron chi connectivity index (χ3n) is 14.1. The average Bonchev–Trinajstić information content (AvgIpc) is 1.69. The third-order valence-corrected chi connectivity index (χ3v) is 17.7. The quantitative estimate of drug-likeness (QED) is 0.0142. The van der Waals surface area contributed by atoms with E-state index in [1.807, 2.05) is 40.3 Å². The molecule has 0 bridgehead atoms. The van der Waals surface area contributed by atoms with Crippen molar-refractivity contribution in [3.8, 4) is 30.1 Å². The Morgan fingerprint density at radius 1 is 0.478 bits per heavy atom. The lowest BCUT2D eigenvalue weighted by molar-refractivity contribution is -0.154. The third kappa shape index (κ3) is 26.0. The minimum absolute atomic E-state index is 0.0260. The molecule has 115 heavy (non-hydrogen) atoms. The van der Waals surface area contributed by atoms with E-state index in [-0.39, 0.29) is 68.0 Å². The number of imidazole rings is 5. The predicted octanol–water partition coefficient (Wildman–Crippen LogP) is 14.8. The number of aliphatic hydroxyl groups is 1. The van der Waals surface area contributed by atoms with Crippen LogP contribution in [0.4, 0.5) is 64.2 Å². The van der Waals surface area contributed by atoms with E-state index >= 15 is 0 Å². The van der Waals surface area contributed by atoms with Crippen LogP contribution in [0.2, 0.25) is 26.4 Å². The van der Waals surface area contributed by atoms with E-state index in [1.165, 1.54) is 34.0 Å². The molecule has 0 aliphatic carbocycles. The van der Waals surface area contributed by atoms with Gasteiger partial charge in [0.15, 0.2) is 70.5 Å². The van der Waals surface area contributed by atoms with Crippen molar-refractivity contribution in [1.82, 2.24) is 120 Å². The Kier molecular flexibility index (Phi) is 29.8. The van der Waals surface area contributed by atoms with Crippen molar-refractivity contribution in [2.75, 3.05) is 72.4 Å². The molecule has 10 N–H and O–H groups in total. The first-order valence-corrected chi connectivity index (χ1v) is 38.9. The van der Waals surface area contributed by atoms with Crippen molar-refractivity contribution < 1.29 is 68.3 Å². The molecule has 0 spiro atoms. The van der Waals surface area contributed by atoms with Crippen LogP contribution in [0.5, 0.6) is 30.1 Å². The molecule has 15 aromatic rings. The van der Waals surface area contributed by atoms with E-state index < -0.39 is 44.5 Å². The highest BCUT2D eigenvalue weighted by molar-refractivity contribution is 7.09. The highest BCUT2D eigenvalue weighted by atomic mass is 35.5. The van der Waals surface area contributed by atoms with Crippen LogP contribution in [0, 0.1) is 0 Å². The monoisotopic (exact) mass is 1780 g/mol. The predicted molar refractivity (Wildman–Crippen MR) is 413 cm³/mol. The smallest absolute Gasteiger partial charge is 0.422 e. The largest absolute Gasteiger partial charge is 0.467 e. The first-order chi connectivity index (χ1) is 55.2. The van der Waals surface area contributed by atoms with Gasteiger partial charge in [0.25, 0.3) is 36.0 Å². The number of alkyl halides is 8. The number of thiazole rings is 4. The number of hydrogen-bond donors (Lipinski definition) is 10. The lowest BCUT2D eigenvalue weighted by Crippen LogP contribution is -2.27. The van der Waals surface area contributed by atoms with Crippen LogP contribution in [-0.2, 0) is 32.7 Å². The summed E-state index contributed by atoms with van der Waals surface area (Å²) < 4.78 is 129. The molecule has 15 rings (SSSR count). The van der Waals surface area contributed by atoms with Gasteiger partial charge in [0.2, 0.25) is 26.4 Å². The van der Waals surface area contributed by atoms with Crippen LogP contribution in [-0.4, -0.2) is 189 Å². The van der Waals surface area contributed by atoms with Gasteiger partial charge in [-0.2, -0.15) is 101 Å². The molecule has 36 nitrogen and oxygen atoms in total. The molecule has 0 aliphatic heterocycles. The fourth-order valence-electron chi connectivity index (χ4n) is 9.28. The van der Waals surface area contributed by atoms with Crippen LogP contribution in [0.3, 0.4) is 0 Å². The highest BCUT2D eigenvalue weighted by Crippen LogP contribution is 2.32. The van der Waals surface area contributed by atoms with E-state index in [0.717, 1.165) is 41.2 Å². The van der Waals surface area contributed by atoms with Crippen molar-refractivity contribution in [3.05, 3.63) is 117 Å². The summed E-state index contributed by atoms with van der Waals surface area (Å²) >= 11 is 35.4. The van der Waals surface area contributed by atoms with Gasteiger partial charge in [-0.3, -0.25) is 0 Å². The van der Waals surface area contributed by atoms with E-state index in [2.05, 4.69) is 146 Å². The molecule has 0 aliphatic rings. The van der Waals surface area contributed by atoms with Crippen molar-refractivity contribution in [2.45, 2.75) is 91.0 Å². The Morgan fingerprint density at radius 2 is 0.887 bits per heavy atom. The summed E-state index contributed by atoms with van der Waals surface area (Å²) in [7, 11) is 0. The maximum atomic E-state index is 12.8. The van der Waals surface area contributed by atoms with Crippen LogP contribution < -0.4 is 49.9 Å². The standard InChI is InChI=1S/C14H17ClN6O2S.C13H12ClF2N5O2.C12H10ClF3N6OS.C12H13ClN6OS.C11H8ClF3N6OS/c1-2-6-23-14-17-10-11(19-14)18-13(15)20-12(10)21(4-5-22)8-9-16-3-7-24-9;1-13(15,16)6-23-12-18-8-9(17-5-7-3-2-4-22-7)19-11(14)20-10(8)21-12;13-10-20-8(18-5-6-17-2-4-24-6)7-9(21-10)22-11(19-7)23-3-1-12(14,15)16;1-2-3-20-12-16-8-9(14-4-7-5-21-6-15-7)17-11(13)18-10(8)19-12;12-9-19-7(16-1-5-2-23-4-17-5)6-8(20-9)21-10(18-6)22-3-11(13,14)15/h3,7,22H,2,4-6,8H2,1H3,(H,17,18,19,20);2-4H,5-6H2,1H3,(H2,17,18,19,20,21);2,4H,1,3,5H2,(H2,18,19,20,21,22);5-6H,2-4H2,1H3,(H2,14,16,17,18,19);2,4H,1,3H2,(H2,16,18,19,20,21). The fraction of sp³-hybridized carbons (Fsp3) is 0.339. The van der Waals surface area contributed by atoms with Gasteiger partial charge in [-0.05, 0) is 83.0 Å². The SMILES string of the molecule is CC(F)(F)COc1nc2nc(Cl)nc(NCc3ccco3)c2[nH]1.CCCOc1nc2nc(Cl)nc(N(CCO)Cc3nccs3)c2[nH]1.CCCOc1nc2nc(Cl)nc(NCc3cscn3)c2[nH]1.FC(F)(F)CCOc1nc2nc(Cl)nc(NCc3nccs3)c2[nH]1.FC(F)(F)COc1nc2nc(Cl)nc(NCc3cscn3)c2[nH]1. The number of furan rings is 1. The summed E-state index contributed by atoms with van der Waals surface area (Å²) in [5.74, 6) is -0.120. The Labute approximate surface area is 682 Å². The van der Waals surface area contributed by atoms with Gasteiger partial charge in [0.05, 0.1) is 87.6 Å². The number of aromatic nitrogens is 24. The summed E-state index contributed by atoms with van der Waals surface area (Å²) in [6, 6.07) is 3.86. The molecule has 0 amide bonds. The van der Waals surface area contributed by atoms with E-state index in [9.17, 15) is 40.2 Å². The Morgan fingerprint density at radius 3 is 1.28 bits per heavy atom. The van der Waals surface area contributed by atoms with Gasteiger partial charge in [-0.15, -0.1) is 45.3 Å². The number of rotatable bonds is 31.